The first-order valence-corrected chi connectivity index (χ1v) is 11.7. The molecular formula is C27H46N2O. The van der Waals surface area contributed by atoms with E-state index in [4.69, 9.17) is 0 Å². The van der Waals surface area contributed by atoms with Crippen LogP contribution in [0.4, 0.5) is 0 Å². The highest BCUT2D eigenvalue weighted by molar-refractivity contribution is 5.81. The quantitative estimate of drug-likeness (QED) is 0.348. The second-order valence-electron chi connectivity index (χ2n) is 9.42. The normalized spacial score (nSPS) is 19.8. The van der Waals surface area contributed by atoms with Crippen molar-refractivity contribution in [3.05, 3.63) is 46.6 Å². The minimum absolute atomic E-state index is 0.0583. The third-order valence-electron chi connectivity index (χ3n) is 6.05. The van der Waals surface area contributed by atoms with Crippen LogP contribution in [0.1, 0.15) is 80.1 Å². The van der Waals surface area contributed by atoms with E-state index in [1.165, 1.54) is 28.7 Å². The zero-order chi connectivity index (χ0) is 22.5. The fourth-order valence-corrected chi connectivity index (χ4v) is 3.81. The lowest BCUT2D eigenvalue weighted by molar-refractivity contribution is -0.123. The van der Waals surface area contributed by atoms with Gasteiger partial charge in [0, 0.05) is 26.2 Å². The summed E-state index contributed by atoms with van der Waals surface area (Å²) in [7, 11) is 2.06. The Kier molecular flexibility index (Phi) is 12.9. The van der Waals surface area contributed by atoms with Crippen LogP contribution in [0.3, 0.4) is 0 Å². The number of carbonyl (C=O) groups excluding carboxylic acids is 1. The van der Waals surface area contributed by atoms with E-state index < -0.39 is 0 Å². The lowest BCUT2D eigenvalue weighted by atomic mass is 10.0. The summed E-state index contributed by atoms with van der Waals surface area (Å²) in [6.45, 7) is 16.6. The number of Topliss-reactive ketones (excluding diaryl/α,β-unsaturated/α-hetero) is 1. The van der Waals surface area contributed by atoms with E-state index in [0.29, 0.717) is 0 Å². The van der Waals surface area contributed by atoms with Crippen LogP contribution in [0.5, 0.6) is 0 Å². The number of hydrogen-bond acceptors (Lipinski definition) is 3. The maximum Gasteiger partial charge on any atom is 0.148 e. The molecule has 1 atom stereocenters. The lowest BCUT2D eigenvalue weighted by Gasteiger charge is -2.37. The SMILES string of the molecule is CC(=O)C1CN(C/C=C(\C)CCC=C(C)CC/C=C(\C)CCC=C(C)C)CCN1C. The van der Waals surface area contributed by atoms with Gasteiger partial charge in [-0.2, -0.15) is 0 Å². The Balaban J connectivity index is 2.30. The minimum Gasteiger partial charge on any atom is -0.298 e. The summed E-state index contributed by atoms with van der Waals surface area (Å²) < 4.78 is 0. The highest BCUT2D eigenvalue weighted by Gasteiger charge is 2.26. The Labute approximate surface area is 186 Å². The maximum absolute atomic E-state index is 11.8. The Bertz CT molecular complexity index is 650. The molecule has 1 saturated heterocycles. The average molecular weight is 415 g/mol. The molecule has 170 valence electrons. The molecule has 0 aromatic rings. The Hall–Kier alpha value is -1.45. The standard InChI is InChI=1S/C27H46N2O/c1-22(2)11-8-12-23(3)13-9-14-24(4)15-10-16-25(5)17-18-29-20-19-28(7)27(21-29)26(6)30/h11,13,15,17,27H,8-10,12,14,16,18-21H2,1-7H3/b23-13+,24-15?,25-17+. The molecule has 0 aromatic heterocycles. The van der Waals surface area contributed by atoms with Gasteiger partial charge in [0.25, 0.3) is 0 Å². The number of ketones is 1. The van der Waals surface area contributed by atoms with Crippen molar-refractivity contribution in [3.63, 3.8) is 0 Å². The van der Waals surface area contributed by atoms with E-state index in [0.717, 1.165) is 58.3 Å². The molecule has 0 bridgehead atoms. The maximum atomic E-state index is 11.8. The molecule has 3 heteroatoms. The zero-order valence-corrected chi connectivity index (χ0v) is 20.8. The third-order valence-corrected chi connectivity index (χ3v) is 6.05. The number of carbonyl (C=O) groups is 1. The second-order valence-corrected chi connectivity index (χ2v) is 9.42. The van der Waals surface area contributed by atoms with Gasteiger partial charge in [-0.15, -0.1) is 0 Å². The molecule has 0 aromatic carbocycles. The Morgan fingerprint density at radius 3 is 1.77 bits per heavy atom. The van der Waals surface area contributed by atoms with Crippen LogP contribution in [0, 0.1) is 0 Å². The van der Waals surface area contributed by atoms with Crippen LogP contribution >= 0.6 is 0 Å². The van der Waals surface area contributed by atoms with Gasteiger partial charge in [0.05, 0.1) is 6.04 Å². The van der Waals surface area contributed by atoms with E-state index in [1.54, 1.807) is 6.92 Å². The summed E-state index contributed by atoms with van der Waals surface area (Å²) in [6, 6.07) is 0.0583. The van der Waals surface area contributed by atoms with Crippen molar-refractivity contribution in [2.24, 2.45) is 0 Å². The van der Waals surface area contributed by atoms with Gasteiger partial charge in [-0.3, -0.25) is 14.6 Å². The molecule has 1 unspecified atom stereocenters. The van der Waals surface area contributed by atoms with Crippen molar-refractivity contribution in [1.29, 1.82) is 0 Å². The summed E-state index contributed by atoms with van der Waals surface area (Å²) in [5.74, 6) is 0.279. The number of nitrogens with zero attached hydrogens (tertiary/aromatic N) is 2. The summed E-state index contributed by atoms with van der Waals surface area (Å²) >= 11 is 0. The van der Waals surface area contributed by atoms with Gasteiger partial charge in [0.1, 0.15) is 5.78 Å². The topological polar surface area (TPSA) is 23.6 Å². The summed E-state index contributed by atoms with van der Waals surface area (Å²) in [6.07, 6.45) is 16.4. The predicted molar refractivity (Wildman–Crippen MR) is 132 cm³/mol. The van der Waals surface area contributed by atoms with Crippen molar-refractivity contribution >= 4 is 5.78 Å². The van der Waals surface area contributed by atoms with Crippen molar-refractivity contribution in [2.75, 3.05) is 33.2 Å². The number of likely N-dealkylation sites (N-methyl/N-ethyl adjacent to an activating group) is 1. The van der Waals surface area contributed by atoms with Crippen LogP contribution in [0.25, 0.3) is 0 Å². The predicted octanol–water partition coefficient (Wildman–Crippen LogP) is 6.34. The van der Waals surface area contributed by atoms with Gasteiger partial charge in [-0.1, -0.05) is 46.6 Å². The second kappa shape index (κ2) is 14.5. The molecule has 1 aliphatic rings. The number of hydrogen-bond donors (Lipinski definition) is 0. The first-order valence-electron chi connectivity index (χ1n) is 11.7. The number of rotatable bonds is 12. The molecule has 0 saturated carbocycles. The van der Waals surface area contributed by atoms with E-state index in [1.807, 2.05) is 0 Å². The molecule has 1 fully saturated rings. The summed E-state index contributed by atoms with van der Waals surface area (Å²) in [4.78, 5) is 16.4. The van der Waals surface area contributed by atoms with E-state index in [2.05, 4.69) is 75.8 Å². The first kappa shape index (κ1) is 26.6. The third kappa shape index (κ3) is 11.7. The highest BCUT2D eigenvalue weighted by atomic mass is 16.1. The van der Waals surface area contributed by atoms with Crippen LogP contribution in [-0.4, -0.2) is 54.9 Å². The number of allylic oxidation sites excluding steroid dienone is 7. The molecule has 30 heavy (non-hydrogen) atoms. The van der Waals surface area contributed by atoms with Gasteiger partial charge < -0.3 is 0 Å². The van der Waals surface area contributed by atoms with Crippen molar-refractivity contribution in [2.45, 2.75) is 86.1 Å². The van der Waals surface area contributed by atoms with Crippen LogP contribution < -0.4 is 0 Å². The zero-order valence-electron chi connectivity index (χ0n) is 20.8. The van der Waals surface area contributed by atoms with E-state index in [9.17, 15) is 4.79 Å². The van der Waals surface area contributed by atoms with Gasteiger partial charge >= 0.3 is 0 Å². The monoisotopic (exact) mass is 414 g/mol. The van der Waals surface area contributed by atoms with Crippen molar-refractivity contribution < 1.29 is 4.79 Å². The molecule has 0 radical (unpaired) electrons. The molecule has 1 aliphatic heterocycles. The largest absolute Gasteiger partial charge is 0.298 e. The Morgan fingerprint density at radius 2 is 1.27 bits per heavy atom. The molecule has 1 rings (SSSR count). The smallest absolute Gasteiger partial charge is 0.148 e. The van der Waals surface area contributed by atoms with E-state index >= 15 is 0 Å². The minimum atomic E-state index is 0.0583. The molecule has 0 spiro atoms. The lowest BCUT2D eigenvalue weighted by Crippen LogP contribution is -2.54. The molecule has 0 amide bonds. The van der Waals surface area contributed by atoms with Crippen molar-refractivity contribution in [1.82, 2.24) is 9.80 Å². The van der Waals surface area contributed by atoms with Crippen LogP contribution in [0.2, 0.25) is 0 Å². The molecule has 3 nitrogen and oxygen atoms in total. The van der Waals surface area contributed by atoms with Crippen LogP contribution in [-0.2, 0) is 4.79 Å². The highest BCUT2D eigenvalue weighted by Crippen LogP contribution is 2.14. The first-order chi connectivity index (χ1) is 14.2. The van der Waals surface area contributed by atoms with Gasteiger partial charge in [0.15, 0.2) is 0 Å². The number of piperazine rings is 1. The van der Waals surface area contributed by atoms with E-state index in [-0.39, 0.29) is 11.8 Å². The van der Waals surface area contributed by atoms with Gasteiger partial charge in [-0.25, -0.2) is 0 Å². The molecule has 1 heterocycles. The Morgan fingerprint density at radius 1 is 0.767 bits per heavy atom. The van der Waals surface area contributed by atoms with Crippen molar-refractivity contribution in [3.8, 4) is 0 Å². The fourth-order valence-electron chi connectivity index (χ4n) is 3.81. The summed E-state index contributed by atoms with van der Waals surface area (Å²) in [5, 5.41) is 0. The van der Waals surface area contributed by atoms with Crippen LogP contribution in [0.15, 0.2) is 46.6 Å². The molecular weight excluding hydrogens is 368 g/mol. The fraction of sp³-hybridized carbons (Fsp3) is 0.667. The van der Waals surface area contributed by atoms with Gasteiger partial charge in [-0.05, 0) is 87.1 Å². The van der Waals surface area contributed by atoms with Gasteiger partial charge in [0.2, 0.25) is 0 Å². The molecule has 0 aliphatic carbocycles. The molecule has 0 N–H and O–H groups in total. The average Bonchev–Trinajstić information content (AvgIpc) is 2.66. The summed E-state index contributed by atoms with van der Waals surface area (Å²) in [5.41, 5.74) is 5.87.